The number of likely N-dealkylation sites (N-methyl/N-ethyl adjacent to an activating group) is 1. The van der Waals surface area contributed by atoms with Crippen molar-refractivity contribution in [3.05, 3.63) is 12.2 Å². The van der Waals surface area contributed by atoms with Crippen LogP contribution in [0.15, 0.2) is 12.2 Å². The summed E-state index contributed by atoms with van der Waals surface area (Å²) in [4.78, 5) is 0. The van der Waals surface area contributed by atoms with Crippen LogP contribution in [-0.4, -0.2) is 32.2 Å². The first kappa shape index (κ1) is 21.3. The number of hydrogen-bond acceptors (Lipinski definition) is 0. The highest BCUT2D eigenvalue weighted by Gasteiger charge is 2.01. The second-order valence-corrected chi connectivity index (χ2v) is 6.56. The van der Waals surface area contributed by atoms with E-state index in [1.54, 1.807) is 0 Å². The van der Waals surface area contributed by atoms with Crippen molar-refractivity contribution < 1.29 is 16.9 Å². The minimum atomic E-state index is 0. The van der Waals surface area contributed by atoms with E-state index in [0.29, 0.717) is 0 Å². The van der Waals surface area contributed by atoms with Crippen molar-refractivity contribution in [1.82, 2.24) is 0 Å². The Morgan fingerprint density at radius 2 is 1.16 bits per heavy atom. The van der Waals surface area contributed by atoms with Crippen molar-refractivity contribution in [1.29, 1.82) is 0 Å². The van der Waals surface area contributed by atoms with Gasteiger partial charge in [-0.1, -0.05) is 64.4 Å². The molecule has 0 aliphatic rings. The second-order valence-electron chi connectivity index (χ2n) is 6.56. The Morgan fingerprint density at radius 1 is 0.684 bits per heavy atom. The Balaban J connectivity index is 0. The van der Waals surface area contributed by atoms with Crippen molar-refractivity contribution in [2.75, 3.05) is 27.7 Å². The van der Waals surface area contributed by atoms with Crippen molar-refractivity contribution in [2.24, 2.45) is 0 Å². The average Bonchev–Trinajstić information content (AvgIpc) is 2.29. The molecule has 0 amide bonds. The predicted molar refractivity (Wildman–Crippen MR) is 83.9 cm³/mol. The van der Waals surface area contributed by atoms with E-state index in [-0.39, 0.29) is 12.4 Å². The van der Waals surface area contributed by atoms with Gasteiger partial charge in [0.25, 0.3) is 0 Å². The van der Waals surface area contributed by atoms with Gasteiger partial charge in [0, 0.05) is 0 Å². The highest BCUT2D eigenvalue weighted by atomic mass is 35.5. The highest BCUT2D eigenvalue weighted by Crippen LogP contribution is 2.10. The quantitative estimate of drug-likeness (QED) is 0.293. The molecule has 0 aromatic rings. The molecule has 0 aromatic heterocycles. The maximum absolute atomic E-state index is 2.37. The van der Waals surface area contributed by atoms with Crippen LogP contribution in [-0.2, 0) is 0 Å². The summed E-state index contributed by atoms with van der Waals surface area (Å²) >= 11 is 0. The van der Waals surface area contributed by atoms with Crippen LogP contribution in [0.2, 0.25) is 0 Å². The Labute approximate surface area is 128 Å². The van der Waals surface area contributed by atoms with Crippen LogP contribution in [0.25, 0.3) is 0 Å². The third kappa shape index (κ3) is 20.5. The standard InChI is InChI=1S/C17H36N.ClH/c1-5-6-7-8-9-10-11-12-13-14-15-16-17-18(2,3)4;/h15-16H,5-14,17H2,1-4H3;1H/q+1;/p-1. The first-order valence-electron chi connectivity index (χ1n) is 8.01. The van der Waals surface area contributed by atoms with Gasteiger partial charge in [-0.3, -0.25) is 0 Å². The van der Waals surface area contributed by atoms with Gasteiger partial charge in [-0.25, -0.2) is 0 Å². The van der Waals surface area contributed by atoms with Gasteiger partial charge in [-0.05, 0) is 18.9 Å². The molecule has 0 atom stereocenters. The monoisotopic (exact) mass is 289 g/mol. The fraction of sp³-hybridized carbons (Fsp3) is 0.882. The van der Waals surface area contributed by atoms with Gasteiger partial charge in [0.15, 0.2) is 0 Å². The Morgan fingerprint density at radius 3 is 1.63 bits per heavy atom. The Hall–Kier alpha value is -0.0100. The molecule has 2 heteroatoms. The second kappa shape index (κ2) is 14.4. The number of hydrogen-bond donors (Lipinski definition) is 0. The van der Waals surface area contributed by atoms with Crippen molar-refractivity contribution in [3.63, 3.8) is 0 Å². The van der Waals surface area contributed by atoms with E-state index in [0.717, 1.165) is 11.0 Å². The van der Waals surface area contributed by atoms with E-state index < -0.39 is 0 Å². The molecular formula is C17H36ClN. The third-order valence-electron chi connectivity index (χ3n) is 3.29. The molecule has 19 heavy (non-hydrogen) atoms. The summed E-state index contributed by atoms with van der Waals surface area (Å²) in [6, 6.07) is 0. The molecule has 0 fully saturated rings. The number of unbranched alkanes of at least 4 members (excludes halogenated alkanes) is 9. The van der Waals surface area contributed by atoms with Gasteiger partial charge in [0.05, 0.1) is 27.7 Å². The molecule has 0 spiro atoms. The molecule has 0 aliphatic heterocycles. The van der Waals surface area contributed by atoms with Crippen LogP contribution in [0, 0.1) is 0 Å². The molecule has 0 bridgehead atoms. The molecule has 0 aliphatic carbocycles. The SMILES string of the molecule is CCCCCCCCCCCC=CC[N+](C)(C)C.[Cl-]. The lowest BCUT2D eigenvalue weighted by Gasteiger charge is -2.21. The van der Waals surface area contributed by atoms with Crippen molar-refractivity contribution in [3.8, 4) is 0 Å². The highest BCUT2D eigenvalue weighted by molar-refractivity contribution is 4.81. The first-order valence-corrected chi connectivity index (χ1v) is 8.01. The summed E-state index contributed by atoms with van der Waals surface area (Å²) in [7, 11) is 6.72. The number of allylic oxidation sites excluding steroid dienone is 1. The molecule has 0 N–H and O–H groups in total. The van der Waals surface area contributed by atoms with Gasteiger partial charge in [0.2, 0.25) is 0 Å². The average molecular weight is 290 g/mol. The number of quaternary nitrogens is 1. The number of nitrogens with zero attached hydrogens (tertiary/aromatic N) is 1. The smallest absolute Gasteiger partial charge is 0.0967 e. The molecule has 0 rings (SSSR count). The zero-order valence-corrected chi connectivity index (χ0v) is 14.5. The first-order chi connectivity index (χ1) is 8.56. The van der Waals surface area contributed by atoms with Crippen LogP contribution < -0.4 is 12.4 Å². The van der Waals surface area contributed by atoms with E-state index >= 15 is 0 Å². The predicted octanol–water partition coefficient (Wildman–Crippen LogP) is 2.17. The largest absolute Gasteiger partial charge is 1.00 e. The van der Waals surface area contributed by atoms with Gasteiger partial charge >= 0.3 is 0 Å². The van der Waals surface area contributed by atoms with E-state index in [1.807, 2.05) is 0 Å². The van der Waals surface area contributed by atoms with Crippen LogP contribution in [0.3, 0.4) is 0 Å². The number of halogens is 1. The van der Waals surface area contributed by atoms with Crippen LogP contribution in [0.5, 0.6) is 0 Å². The molecule has 1 nitrogen and oxygen atoms in total. The Bertz CT molecular complexity index is 194. The lowest BCUT2D eigenvalue weighted by Crippen LogP contribution is -3.00. The molecule has 0 unspecified atom stereocenters. The summed E-state index contributed by atoms with van der Waals surface area (Å²) in [5, 5.41) is 0. The number of rotatable bonds is 12. The topological polar surface area (TPSA) is 0 Å². The lowest BCUT2D eigenvalue weighted by atomic mass is 10.1. The van der Waals surface area contributed by atoms with E-state index in [4.69, 9.17) is 0 Å². The molecule has 0 aromatic carbocycles. The minimum absolute atomic E-state index is 0. The minimum Gasteiger partial charge on any atom is -1.00 e. The van der Waals surface area contributed by atoms with Crippen molar-refractivity contribution >= 4 is 0 Å². The summed E-state index contributed by atoms with van der Waals surface area (Å²) in [5.74, 6) is 0. The molecule has 116 valence electrons. The van der Waals surface area contributed by atoms with Crippen molar-refractivity contribution in [2.45, 2.75) is 71.1 Å². The van der Waals surface area contributed by atoms with E-state index in [1.165, 1.54) is 64.2 Å². The molecule has 0 radical (unpaired) electrons. The maximum atomic E-state index is 2.37. The fourth-order valence-corrected chi connectivity index (χ4v) is 2.08. The Kier molecular flexibility index (Phi) is 16.1. The van der Waals surface area contributed by atoms with Crippen LogP contribution in [0.4, 0.5) is 0 Å². The lowest BCUT2D eigenvalue weighted by molar-refractivity contribution is -0.864. The fourth-order valence-electron chi connectivity index (χ4n) is 2.08. The zero-order chi connectivity index (χ0) is 13.7. The normalized spacial score (nSPS) is 11.8. The van der Waals surface area contributed by atoms with Crippen LogP contribution >= 0.6 is 0 Å². The molecule has 0 saturated heterocycles. The third-order valence-corrected chi connectivity index (χ3v) is 3.29. The zero-order valence-electron chi connectivity index (χ0n) is 13.8. The van der Waals surface area contributed by atoms with E-state index in [9.17, 15) is 0 Å². The van der Waals surface area contributed by atoms with Gasteiger partial charge in [-0.2, -0.15) is 0 Å². The van der Waals surface area contributed by atoms with E-state index in [2.05, 4.69) is 40.2 Å². The van der Waals surface area contributed by atoms with Crippen LogP contribution in [0.1, 0.15) is 71.1 Å². The molecule has 0 saturated carbocycles. The molecule has 0 heterocycles. The van der Waals surface area contributed by atoms with Gasteiger partial charge < -0.3 is 16.9 Å². The van der Waals surface area contributed by atoms with Gasteiger partial charge in [-0.15, -0.1) is 0 Å². The molecular weight excluding hydrogens is 254 g/mol. The van der Waals surface area contributed by atoms with Gasteiger partial charge in [0.1, 0.15) is 0 Å². The summed E-state index contributed by atoms with van der Waals surface area (Å²) in [5.41, 5.74) is 0. The summed E-state index contributed by atoms with van der Waals surface area (Å²) < 4.78 is 1.04. The summed E-state index contributed by atoms with van der Waals surface area (Å²) in [6.45, 7) is 3.43. The summed E-state index contributed by atoms with van der Waals surface area (Å²) in [6.07, 6.45) is 18.8. The maximum Gasteiger partial charge on any atom is 0.0967 e.